The Kier molecular flexibility index (Phi) is 7.67. The lowest BCUT2D eigenvalue weighted by molar-refractivity contribution is -0.384. The smallest absolute Gasteiger partial charge is 0.273 e. The maximum absolute atomic E-state index is 13.6. The van der Waals surface area contributed by atoms with Crippen molar-refractivity contribution in [2.24, 2.45) is 11.8 Å². The Labute approximate surface area is 239 Å². The minimum atomic E-state index is -0.682. The van der Waals surface area contributed by atoms with Crippen molar-refractivity contribution >= 4 is 40.8 Å². The number of non-ortho nitro benzene ring substituents is 1. The SMILES string of the molecule is CC1=CC[C@H]2C(=O)N(N(CC(=O)c3ccc(Oc4ccc([N+](=O)[O-])cc4)cc3)C(=O)c3ccc(Cl)cc3)C(=O)[C@H]2C1. The lowest BCUT2D eigenvalue weighted by Crippen LogP contribution is -2.52. The number of benzene rings is 3. The highest BCUT2D eigenvalue weighted by molar-refractivity contribution is 6.30. The number of amides is 3. The van der Waals surface area contributed by atoms with Crippen LogP contribution in [-0.2, 0) is 9.59 Å². The normalized spacial score (nSPS) is 18.0. The number of halogens is 1. The standard InChI is InChI=1S/C30H24ClN3O7/c1-18-2-15-25-26(16-18)30(38)33(29(25)37)32(28(36)20-3-7-21(31)8-4-20)17-27(35)19-5-11-23(12-6-19)41-24-13-9-22(10-14-24)34(39)40/h2-14,25-26H,15-17H2,1H3/t25-,26+/m1/s1. The molecule has 3 aromatic carbocycles. The van der Waals surface area contributed by atoms with Crippen LogP contribution in [0.15, 0.2) is 84.4 Å². The largest absolute Gasteiger partial charge is 0.457 e. The number of nitro benzene ring substituents is 1. The fraction of sp³-hybridized carbons (Fsp3) is 0.200. The van der Waals surface area contributed by atoms with Crippen molar-refractivity contribution in [2.45, 2.75) is 19.8 Å². The van der Waals surface area contributed by atoms with E-state index in [0.29, 0.717) is 29.4 Å². The molecule has 1 aliphatic carbocycles. The molecule has 0 N–H and O–H groups in total. The fourth-order valence-electron chi connectivity index (χ4n) is 4.94. The summed E-state index contributed by atoms with van der Waals surface area (Å²) in [6, 6.07) is 17.6. The van der Waals surface area contributed by atoms with Gasteiger partial charge in [0.2, 0.25) is 0 Å². The predicted octanol–water partition coefficient (Wildman–Crippen LogP) is 5.62. The van der Waals surface area contributed by atoms with E-state index < -0.39 is 46.8 Å². The van der Waals surface area contributed by atoms with Gasteiger partial charge in [0.25, 0.3) is 23.4 Å². The second-order valence-electron chi connectivity index (χ2n) is 9.86. The Balaban J connectivity index is 1.37. The lowest BCUT2D eigenvalue weighted by Gasteiger charge is -2.30. The summed E-state index contributed by atoms with van der Waals surface area (Å²) < 4.78 is 5.70. The zero-order valence-electron chi connectivity index (χ0n) is 21.9. The Hall–Kier alpha value is -4.83. The number of imide groups is 1. The molecule has 3 amide bonds. The summed E-state index contributed by atoms with van der Waals surface area (Å²) in [7, 11) is 0. The van der Waals surface area contributed by atoms with Gasteiger partial charge < -0.3 is 4.74 Å². The summed E-state index contributed by atoms with van der Waals surface area (Å²) in [4.78, 5) is 64.1. The van der Waals surface area contributed by atoms with Crippen molar-refractivity contribution in [3.05, 3.63) is 111 Å². The molecule has 1 aliphatic heterocycles. The Morgan fingerprint density at radius 2 is 1.49 bits per heavy atom. The van der Waals surface area contributed by atoms with Crippen LogP contribution >= 0.6 is 11.6 Å². The molecule has 1 saturated heterocycles. The molecule has 5 rings (SSSR count). The first-order chi connectivity index (χ1) is 19.6. The lowest BCUT2D eigenvalue weighted by atomic mass is 9.82. The van der Waals surface area contributed by atoms with E-state index in [1.807, 2.05) is 13.0 Å². The van der Waals surface area contributed by atoms with Crippen LogP contribution in [0.4, 0.5) is 5.69 Å². The Bertz CT molecular complexity index is 1570. The van der Waals surface area contributed by atoms with Crippen LogP contribution in [0, 0.1) is 22.0 Å². The number of rotatable bonds is 8. The molecule has 1 heterocycles. The van der Waals surface area contributed by atoms with Gasteiger partial charge in [-0.1, -0.05) is 23.3 Å². The number of nitro groups is 1. The van der Waals surface area contributed by atoms with Gasteiger partial charge in [-0.05, 0) is 80.4 Å². The first kappa shape index (κ1) is 27.7. The first-order valence-electron chi connectivity index (χ1n) is 12.8. The van der Waals surface area contributed by atoms with E-state index in [4.69, 9.17) is 16.3 Å². The molecule has 11 heteroatoms. The van der Waals surface area contributed by atoms with Gasteiger partial charge >= 0.3 is 0 Å². The fourth-order valence-corrected chi connectivity index (χ4v) is 5.07. The van der Waals surface area contributed by atoms with E-state index in [9.17, 15) is 29.3 Å². The van der Waals surface area contributed by atoms with E-state index in [2.05, 4.69) is 0 Å². The van der Waals surface area contributed by atoms with Gasteiger partial charge in [-0.3, -0.25) is 29.3 Å². The molecule has 0 aromatic heterocycles. The number of carbonyl (C=O) groups excluding carboxylic acids is 4. The Morgan fingerprint density at radius 1 is 0.927 bits per heavy atom. The van der Waals surface area contributed by atoms with E-state index in [1.54, 1.807) is 0 Å². The zero-order chi connectivity index (χ0) is 29.3. The van der Waals surface area contributed by atoms with Gasteiger partial charge in [0.1, 0.15) is 18.0 Å². The molecule has 2 aliphatic rings. The number of nitrogens with zero attached hydrogens (tertiary/aromatic N) is 3. The van der Waals surface area contributed by atoms with Crippen molar-refractivity contribution in [2.75, 3.05) is 6.54 Å². The average molecular weight is 574 g/mol. The molecule has 208 valence electrons. The van der Waals surface area contributed by atoms with Crippen molar-refractivity contribution in [1.82, 2.24) is 10.0 Å². The van der Waals surface area contributed by atoms with Crippen LogP contribution in [0.2, 0.25) is 5.02 Å². The molecule has 0 radical (unpaired) electrons. The molecule has 0 bridgehead atoms. The van der Waals surface area contributed by atoms with E-state index in [-0.39, 0.29) is 16.8 Å². The van der Waals surface area contributed by atoms with Crippen LogP contribution < -0.4 is 4.74 Å². The van der Waals surface area contributed by atoms with E-state index in [1.165, 1.54) is 72.8 Å². The zero-order valence-corrected chi connectivity index (χ0v) is 22.6. The van der Waals surface area contributed by atoms with E-state index in [0.717, 1.165) is 15.6 Å². The van der Waals surface area contributed by atoms with Gasteiger partial charge in [-0.25, -0.2) is 5.01 Å². The van der Waals surface area contributed by atoms with Crippen LogP contribution in [-0.4, -0.2) is 45.0 Å². The van der Waals surface area contributed by atoms with Crippen molar-refractivity contribution in [3.8, 4) is 11.5 Å². The minimum Gasteiger partial charge on any atom is -0.457 e. The number of allylic oxidation sites excluding steroid dienone is 2. The highest BCUT2D eigenvalue weighted by atomic mass is 35.5. The second-order valence-corrected chi connectivity index (χ2v) is 10.3. The van der Waals surface area contributed by atoms with Crippen LogP contribution in [0.1, 0.15) is 40.5 Å². The number of Topliss-reactive ketones (excluding diaryl/α,β-unsaturated/α-hetero) is 1. The van der Waals surface area contributed by atoms with Crippen LogP contribution in [0.3, 0.4) is 0 Å². The number of fused-ring (bicyclic) bond motifs is 1. The molecule has 2 atom stereocenters. The number of carbonyl (C=O) groups is 4. The quantitative estimate of drug-likeness (QED) is 0.112. The summed E-state index contributed by atoms with van der Waals surface area (Å²) in [6.07, 6.45) is 2.73. The number of ketones is 1. The third-order valence-electron chi connectivity index (χ3n) is 7.12. The molecule has 1 fully saturated rings. The summed E-state index contributed by atoms with van der Waals surface area (Å²) in [6.45, 7) is 1.35. The summed E-state index contributed by atoms with van der Waals surface area (Å²) >= 11 is 5.97. The van der Waals surface area contributed by atoms with Crippen LogP contribution in [0.5, 0.6) is 11.5 Å². The monoisotopic (exact) mass is 573 g/mol. The van der Waals surface area contributed by atoms with Crippen LogP contribution in [0.25, 0.3) is 0 Å². The topological polar surface area (TPSA) is 127 Å². The maximum atomic E-state index is 13.6. The molecule has 0 unspecified atom stereocenters. The predicted molar refractivity (Wildman–Crippen MR) is 148 cm³/mol. The molecule has 3 aromatic rings. The molecule has 0 spiro atoms. The third-order valence-corrected chi connectivity index (χ3v) is 7.37. The maximum Gasteiger partial charge on any atom is 0.273 e. The van der Waals surface area contributed by atoms with Gasteiger partial charge in [-0.15, -0.1) is 0 Å². The minimum absolute atomic E-state index is 0.0726. The van der Waals surface area contributed by atoms with E-state index >= 15 is 0 Å². The number of hydrogen-bond acceptors (Lipinski definition) is 7. The highest BCUT2D eigenvalue weighted by Crippen LogP contribution is 2.38. The Morgan fingerprint density at radius 3 is 2.10 bits per heavy atom. The van der Waals surface area contributed by atoms with Crippen molar-refractivity contribution in [3.63, 3.8) is 0 Å². The summed E-state index contributed by atoms with van der Waals surface area (Å²) in [5, 5.41) is 13.0. The van der Waals surface area contributed by atoms with Gasteiger partial charge in [-0.2, -0.15) is 5.01 Å². The van der Waals surface area contributed by atoms with Gasteiger partial charge in [0.05, 0.1) is 16.8 Å². The highest BCUT2D eigenvalue weighted by Gasteiger charge is 2.51. The summed E-state index contributed by atoms with van der Waals surface area (Å²) in [5.74, 6) is -2.62. The van der Waals surface area contributed by atoms with Crippen molar-refractivity contribution in [1.29, 1.82) is 0 Å². The van der Waals surface area contributed by atoms with Gasteiger partial charge in [0.15, 0.2) is 5.78 Å². The molecule has 0 saturated carbocycles. The molecule has 10 nitrogen and oxygen atoms in total. The average Bonchev–Trinajstić information content (AvgIpc) is 3.20. The number of hydrazine groups is 1. The summed E-state index contributed by atoms with van der Waals surface area (Å²) in [5.41, 5.74) is 1.32. The number of ether oxygens (including phenoxy) is 1. The number of hydrogen-bond donors (Lipinski definition) is 0. The van der Waals surface area contributed by atoms with Crippen molar-refractivity contribution < 1.29 is 28.8 Å². The molecular formula is C30H24ClN3O7. The third kappa shape index (κ3) is 5.73. The first-order valence-corrected chi connectivity index (χ1v) is 13.2. The second kappa shape index (κ2) is 11.3. The van der Waals surface area contributed by atoms with Gasteiger partial charge in [0, 0.05) is 28.3 Å². The molecule has 41 heavy (non-hydrogen) atoms. The molecular weight excluding hydrogens is 550 g/mol.